The normalized spacial score (nSPS) is 18.6. The van der Waals surface area contributed by atoms with Crippen molar-refractivity contribution >= 4 is 21.9 Å². The SMILES string of the molecule is COC(=O)c1nc2n(c(=O)c1C)CCCC2Br. The number of aromatic nitrogens is 2. The maximum absolute atomic E-state index is 12.1. The van der Waals surface area contributed by atoms with E-state index in [2.05, 4.69) is 25.7 Å². The first-order valence-corrected chi connectivity index (χ1v) is 6.31. The van der Waals surface area contributed by atoms with E-state index in [1.165, 1.54) is 7.11 Å². The molecule has 2 rings (SSSR count). The van der Waals surface area contributed by atoms with Crippen LogP contribution >= 0.6 is 15.9 Å². The number of rotatable bonds is 1. The molecule has 0 aliphatic carbocycles. The first-order valence-electron chi connectivity index (χ1n) is 5.40. The monoisotopic (exact) mass is 300 g/mol. The van der Waals surface area contributed by atoms with Gasteiger partial charge in [-0.05, 0) is 19.8 Å². The van der Waals surface area contributed by atoms with Crippen molar-refractivity contribution in [1.82, 2.24) is 9.55 Å². The highest BCUT2D eigenvalue weighted by molar-refractivity contribution is 9.09. The molecule has 0 saturated carbocycles. The van der Waals surface area contributed by atoms with Crippen molar-refractivity contribution in [2.45, 2.75) is 31.1 Å². The summed E-state index contributed by atoms with van der Waals surface area (Å²) in [5.74, 6) is 0.0560. The predicted molar refractivity (Wildman–Crippen MR) is 65.5 cm³/mol. The van der Waals surface area contributed by atoms with Crippen molar-refractivity contribution < 1.29 is 9.53 Å². The summed E-state index contributed by atoms with van der Waals surface area (Å²) in [6.45, 7) is 2.26. The molecule has 0 spiro atoms. The van der Waals surface area contributed by atoms with Gasteiger partial charge in [-0.15, -0.1) is 0 Å². The van der Waals surface area contributed by atoms with Crippen LogP contribution in [0.25, 0.3) is 0 Å². The van der Waals surface area contributed by atoms with Crippen LogP contribution in [0.15, 0.2) is 4.79 Å². The van der Waals surface area contributed by atoms with Crippen molar-refractivity contribution in [3.05, 3.63) is 27.4 Å². The van der Waals surface area contributed by atoms with Crippen LogP contribution in [-0.2, 0) is 11.3 Å². The number of fused-ring (bicyclic) bond motifs is 1. The van der Waals surface area contributed by atoms with Crippen molar-refractivity contribution in [3.8, 4) is 0 Å². The first kappa shape index (κ1) is 12.3. The smallest absolute Gasteiger partial charge is 0.357 e. The van der Waals surface area contributed by atoms with Gasteiger partial charge in [0, 0.05) is 12.1 Å². The van der Waals surface area contributed by atoms with Crippen LogP contribution in [0, 0.1) is 6.92 Å². The molecule has 1 unspecified atom stereocenters. The Kier molecular flexibility index (Phi) is 3.33. The lowest BCUT2D eigenvalue weighted by Gasteiger charge is -2.22. The van der Waals surface area contributed by atoms with Crippen molar-refractivity contribution in [2.24, 2.45) is 0 Å². The number of alkyl halides is 1. The van der Waals surface area contributed by atoms with Gasteiger partial charge < -0.3 is 4.74 Å². The van der Waals surface area contributed by atoms with E-state index in [0.29, 0.717) is 17.9 Å². The maximum Gasteiger partial charge on any atom is 0.357 e. The molecule has 0 saturated heterocycles. The molecular weight excluding hydrogens is 288 g/mol. The fourth-order valence-electron chi connectivity index (χ4n) is 1.97. The summed E-state index contributed by atoms with van der Waals surface area (Å²) >= 11 is 3.48. The van der Waals surface area contributed by atoms with Gasteiger partial charge >= 0.3 is 5.97 Å². The van der Waals surface area contributed by atoms with Gasteiger partial charge in [0.05, 0.1) is 11.9 Å². The van der Waals surface area contributed by atoms with E-state index < -0.39 is 5.97 Å². The topological polar surface area (TPSA) is 61.2 Å². The van der Waals surface area contributed by atoms with Gasteiger partial charge in [-0.2, -0.15) is 0 Å². The van der Waals surface area contributed by atoms with Gasteiger partial charge in [0.15, 0.2) is 5.69 Å². The average molecular weight is 301 g/mol. The Bertz CT molecular complexity index is 524. The zero-order valence-electron chi connectivity index (χ0n) is 9.70. The zero-order chi connectivity index (χ0) is 12.6. The lowest BCUT2D eigenvalue weighted by Crippen LogP contribution is -2.33. The molecule has 5 nitrogen and oxygen atoms in total. The van der Waals surface area contributed by atoms with Gasteiger partial charge in [0.2, 0.25) is 0 Å². The van der Waals surface area contributed by atoms with Crippen LogP contribution in [0.3, 0.4) is 0 Å². The molecule has 92 valence electrons. The fourth-order valence-corrected chi connectivity index (χ4v) is 2.65. The highest BCUT2D eigenvalue weighted by atomic mass is 79.9. The van der Waals surface area contributed by atoms with E-state index in [-0.39, 0.29) is 16.1 Å². The second kappa shape index (κ2) is 4.60. The lowest BCUT2D eigenvalue weighted by molar-refractivity contribution is 0.0591. The Morgan fingerprint density at radius 1 is 1.59 bits per heavy atom. The largest absolute Gasteiger partial charge is 0.464 e. The third-order valence-electron chi connectivity index (χ3n) is 2.92. The van der Waals surface area contributed by atoms with E-state index in [1.807, 2.05) is 0 Å². The van der Waals surface area contributed by atoms with Gasteiger partial charge in [-0.3, -0.25) is 9.36 Å². The van der Waals surface area contributed by atoms with Crippen molar-refractivity contribution in [3.63, 3.8) is 0 Å². The lowest BCUT2D eigenvalue weighted by atomic mass is 10.1. The molecule has 1 aliphatic heterocycles. The Labute approximate surface area is 107 Å². The van der Waals surface area contributed by atoms with E-state index >= 15 is 0 Å². The number of nitrogens with zero attached hydrogens (tertiary/aromatic N) is 2. The Hall–Kier alpha value is -1.17. The second-order valence-corrected chi connectivity index (χ2v) is 5.11. The molecule has 0 N–H and O–H groups in total. The molecule has 0 bridgehead atoms. The summed E-state index contributed by atoms with van der Waals surface area (Å²) in [6, 6.07) is 0. The molecule has 0 aromatic carbocycles. The number of hydrogen-bond donors (Lipinski definition) is 0. The minimum atomic E-state index is -0.562. The Balaban J connectivity index is 2.66. The van der Waals surface area contributed by atoms with Gasteiger partial charge in [0.25, 0.3) is 5.56 Å². The first-order chi connectivity index (χ1) is 8.06. The molecule has 17 heavy (non-hydrogen) atoms. The summed E-state index contributed by atoms with van der Waals surface area (Å²) in [5, 5.41) is 0. The van der Waals surface area contributed by atoms with Crippen molar-refractivity contribution in [1.29, 1.82) is 0 Å². The summed E-state index contributed by atoms with van der Waals surface area (Å²) in [5.41, 5.74) is 0.317. The predicted octanol–water partition coefficient (Wildman–Crippen LogP) is 1.57. The van der Waals surface area contributed by atoms with Gasteiger partial charge in [-0.1, -0.05) is 15.9 Å². The minimum absolute atomic E-state index is 0.0213. The van der Waals surface area contributed by atoms with E-state index in [1.54, 1.807) is 11.5 Å². The van der Waals surface area contributed by atoms with Crippen LogP contribution in [0.5, 0.6) is 0 Å². The number of ether oxygens (including phenoxy) is 1. The molecule has 0 radical (unpaired) electrons. The molecule has 1 atom stereocenters. The van der Waals surface area contributed by atoms with Crippen LogP contribution in [0.1, 0.15) is 39.5 Å². The fraction of sp³-hybridized carbons (Fsp3) is 0.545. The molecule has 0 amide bonds. The maximum atomic E-state index is 12.1. The Morgan fingerprint density at radius 2 is 2.29 bits per heavy atom. The Morgan fingerprint density at radius 3 is 2.94 bits per heavy atom. The van der Waals surface area contributed by atoms with Gasteiger partial charge in [0.1, 0.15) is 5.82 Å². The molecule has 1 aliphatic rings. The molecule has 6 heteroatoms. The number of halogens is 1. The quantitative estimate of drug-likeness (QED) is 0.583. The number of methoxy groups -OCH3 is 1. The van der Waals surface area contributed by atoms with Crippen LogP contribution in [-0.4, -0.2) is 22.6 Å². The minimum Gasteiger partial charge on any atom is -0.464 e. The molecule has 1 aromatic heterocycles. The molecular formula is C11H13BrN2O3. The number of carbonyl (C=O) groups excluding carboxylic acids is 1. The summed E-state index contributed by atoms with van der Waals surface area (Å²) in [6.07, 6.45) is 1.84. The third-order valence-corrected chi connectivity index (χ3v) is 3.79. The van der Waals surface area contributed by atoms with Crippen LogP contribution < -0.4 is 5.56 Å². The van der Waals surface area contributed by atoms with E-state index in [9.17, 15) is 9.59 Å². The number of hydrogen-bond acceptors (Lipinski definition) is 4. The summed E-state index contributed by atoms with van der Waals surface area (Å²) in [4.78, 5) is 27.9. The highest BCUT2D eigenvalue weighted by Gasteiger charge is 2.25. The van der Waals surface area contributed by atoms with E-state index in [4.69, 9.17) is 0 Å². The third kappa shape index (κ3) is 2.01. The number of esters is 1. The van der Waals surface area contributed by atoms with Crippen LogP contribution in [0.4, 0.5) is 0 Å². The van der Waals surface area contributed by atoms with Gasteiger partial charge in [-0.25, -0.2) is 9.78 Å². The van der Waals surface area contributed by atoms with E-state index in [0.717, 1.165) is 12.8 Å². The molecule has 1 aromatic rings. The second-order valence-electron chi connectivity index (χ2n) is 4.00. The number of carbonyl (C=O) groups is 1. The standard InChI is InChI=1S/C11H13BrN2O3/c1-6-8(11(16)17-2)13-9-7(12)4-3-5-14(9)10(6)15/h7H,3-5H2,1-2H3. The molecule has 2 heterocycles. The summed E-state index contributed by atoms with van der Waals surface area (Å²) in [7, 11) is 1.28. The zero-order valence-corrected chi connectivity index (χ0v) is 11.3. The molecule has 0 fully saturated rings. The van der Waals surface area contributed by atoms with Crippen LogP contribution in [0.2, 0.25) is 0 Å². The summed E-state index contributed by atoms with van der Waals surface area (Å²) < 4.78 is 6.26. The highest BCUT2D eigenvalue weighted by Crippen LogP contribution is 2.30. The van der Waals surface area contributed by atoms with Crippen molar-refractivity contribution in [2.75, 3.05) is 7.11 Å². The average Bonchev–Trinajstić information content (AvgIpc) is 2.33.